The van der Waals surface area contributed by atoms with E-state index in [1.165, 1.54) is 12.0 Å². The number of ketones is 2. The third-order valence-electron chi connectivity index (χ3n) is 32.5. The zero-order chi connectivity index (χ0) is 74.8. The van der Waals surface area contributed by atoms with E-state index in [1.54, 1.807) is 17.3 Å². The van der Waals surface area contributed by atoms with Crippen LogP contribution < -0.4 is 11.5 Å². The van der Waals surface area contributed by atoms with Crippen LogP contribution in [0.1, 0.15) is 276 Å². The average molecular weight is 1410 g/mol. The number of Topliss-reactive ketones (excluding diaryl/α,β-unsaturated/α-hetero) is 2. The SMILES string of the molecule is CC(C)[C@@H](C)[C@@]1(C)CC[C@]2(C)[C@H]3CC[C@@H]4[C@@]5(COC[C@]4(C)[C@@H](OC[C@](C)(N)C(C)C)[C@H](C)C5)C3=CC[C@@]2(C)[C@@H]1C(=O)O.CCC(=O)c1nn[nH]n1.CCC(=O)c1nnn([C@@H]2C[C@@]34COC[C@@](C)([C@@H]3CC[C@H]3C4=CC[C@@]4(C)C(C(=O)O)[C@@](C)([C@H](C)C(C)C)CC[C@]34C)[C@H]2OC[C@](C)(N)C(C)C)n1. The molecule has 2 aromatic rings. The lowest BCUT2D eigenvalue weighted by Crippen LogP contribution is -2.69. The molecule has 4 heterocycles. The summed E-state index contributed by atoms with van der Waals surface area (Å²) in [6.07, 6.45) is 17.3. The van der Waals surface area contributed by atoms with E-state index in [9.17, 15) is 29.4 Å². The molecule has 12 rings (SSSR count). The molecule has 20 heteroatoms. The molecule has 24 atom stereocenters. The van der Waals surface area contributed by atoms with Crippen molar-refractivity contribution in [3.05, 3.63) is 34.9 Å². The lowest BCUT2D eigenvalue weighted by atomic mass is 9.34. The number of nitrogens with one attached hydrogen (secondary N) is 1. The summed E-state index contributed by atoms with van der Waals surface area (Å²) in [6, 6.07) is -0.275. The van der Waals surface area contributed by atoms with Crippen molar-refractivity contribution in [2.45, 2.75) is 278 Å². The molecule has 8 fully saturated rings. The fraction of sp³-hybridized carbons (Fsp3) is 0.877. The van der Waals surface area contributed by atoms with Gasteiger partial charge in [0.15, 0.2) is 0 Å². The number of carboxylic acids is 2. The number of aromatic nitrogens is 8. The van der Waals surface area contributed by atoms with Gasteiger partial charge in [-0.3, -0.25) is 19.2 Å². The largest absolute Gasteiger partial charge is 0.481 e. The number of carbonyl (C=O) groups is 4. The van der Waals surface area contributed by atoms with E-state index in [-0.39, 0.29) is 113 Å². The number of carboxylic acid groups (broad SMARTS) is 2. The number of allylic oxidation sites excluding steroid dienone is 2. The Morgan fingerprint density at radius 1 is 0.604 bits per heavy atom. The van der Waals surface area contributed by atoms with Gasteiger partial charge in [-0.15, -0.1) is 20.4 Å². The zero-order valence-electron chi connectivity index (χ0n) is 66.5. The Morgan fingerprint density at radius 2 is 1.03 bits per heavy atom. The molecule has 0 spiro atoms. The highest BCUT2D eigenvalue weighted by Crippen LogP contribution is 2.78. The molecule has 6 saturated carbocycles. The number of H-pyrrole nitrogens is 1. The average Bonchev–Trinajstić information content (AvgIpc) is 0.819. The van der Waals surface area contributed by atoms with Crippen molar-refractivity contribution in [1.82, 2.24) is 40.8 Å². The lowest BCUT2D eigenvalue weighted by Gasteiger charge is -2.71. The number of ether oxygens (including phenoxy) is 4. The van der Waals surface area contributed by atoms with Crippen molar-refractivity contribution in [2.24, 2.45) is 143 Å². The Hall–Kier alpha value is -4.34. The molecule has 0 radical (unpaired) electrons. The molecule has 568 valence electrons. The van der Waals surface area contributed by atoms with Gasteiger partial charge in [-0.25, -0.2) is 0 Å². The third-order valence-corrected chi connectivity index (χ3v) is 32.5. The summed E-state index contributed by atoms with van der Waals surface area (Å²) >= 11 is 0. The standard InChI is InChI=1S/C40H65N5O5.C37H63NO4.C4H6N4O/c1-12-29(46)33-42-44-45(43-33)28-19-40-22-49-20-36(8,32(28)50-21-39(11,41)24(4)5)30(40)14-13-26-27(40)15-16-38(10)31(34(47)48)35(7,25(6)23(2)3)17-18-37(26,38)9;1-22(2)25(6)32(7)16-17-34(9)26-12-13-28-33(8)19-41-21-37(28,27(26)14-15-35(34,10)29(32)31(39)40)18-24(5)30(33)42-20-36(11,38)23(3)4;1-2-3(9)4-5-7-8-6-4/h15,23-26,28,30-32H,12-14,16-22,41H2,1-11H3,(H,47,48);14,22-26,28-30H,12-13,15-21,38H2,1-11H3,(H,39,40);2H2,1H3,(H,5,6,7,8)/t25-,26+,28-,30+,31?,32+,35-,36+,37-,38+,39+,40+;24-,25-,26+,28+,29-,30+,32-,33+,34-,35+,36+,37+;/m11./s1. The van der Waals surface area contributed by atoms with Crippen molar-refractivity contribution < 1.29 is 48.3 Å². The van der Waals surface area contributed by atoms with Crippen LogP contribution >= 0.6 is 0 Å². The third kappa shape index (κ3) is 12.4. The molecule has 4 bridgehead atoms. The number of fused-ring (bicyclic) bond motifs is 6. The van der Waals surface area contributed by atoms with Crippen LogP contribution in [0.15, 0.2) is 23.3 Å². The van der Waals surface area contributed by atoms with Gasteiger partial charge in [-0.1, -0.05) is 169 Å². The van der Waals surface area contributed by atoms with E-state index in [4.69, 9.17) is 35.5 Å². The first-order valence-electron chi connectivity index (χ1n) is 39.3. The number of nitrogens with two attached hydrogens (primary N) is 2. The minimum Gasteiger partial charge on any atom is -0.481 e. The molecular formula is C81H134N10O10. The molecule has 0 aromatic carbocycles. The van der Waals surface area contributed by atoms with Crippen molar-refractivity contribution >= 4 is 23.5 Å². The quantitative estimate of drug-likeness (QED) is 0.0645. The Balaban J connectivity index is 0.000000196. The fourth-order valence-electron chi connectivity index (χ4n) is 24.4. The highest BCUT2D eigenvalue weighted by atomic mass is 16.5. The predicted molar refractivity (Wildman–Crippen MR) is 391 cm³/mol. The lowest BCUT2D eigenvalue weighted by molar-refractivity contribution is -0.253. The van der Waals surface area contributed by atoms with Crippen molar-refractivity contribution in [1.29, 1.82) is 0 Å². The Bertz CT molecular complexity index is 3420. The first kappa shape index (κ1) is 79.2. The van der Waals surface area contributed by atoms with Crippen LogP contribution in [0.5, 0.6) is 0 Å². The normalized spacial score (nSPS) is 42.4. The number of hydrogen-bond donors (Lipinski definition) is 5. The van der Waals surface area contributed by atoms with Crippen LogP contribution in [-0.4, -0.2) is 137 Å². The van der Waals surface area contributed by atoms with Gasteiger partial charge >= 0.3 is 11.9 Å². The second-order valence-corrected chi connectivity index (χ2v) is 38.7. The molecular weight excluding hydrogens is 1270 g/mol. The van der Waals surface area contributed by atoms with E-state index in [0.29, 0.717) is 99.0 Å². The smallest absolute Gasteiger partial charge is 0.307 e. The summed E-state index contributed by atoms with van der Waals surface area (Å²) in [5.41, 5.74) is 13.6. The van der Waals surface area contributed by atoms with Crippen LogP contribution in [0.25, 0.3) is 0 Å². The van der Waals surface area contributed by atoms with Crippen molar-refractivity contribution in [2.75, 3.05) is 39.6 Å². The molecule has 0 amide bonds. The molecule has 7 N–H and O–H groups in total. The van der Waals surface area contributed by atoms with Gasteiger partial charge in [-0.2, -0.15) is 10.0 Å². The zero-order valence-corrected chi connectivity index (χ0v) is 66.5. The summed E-state index contributed by atoms with van der Waals surface area (Å²) in [6.45, 7) is 54.8. The summed E-state index contributed by atoms with van der Waals surface area (Å²) in [5, 5.41) is 47.8. The number of tetrazole rings is 2. The molecule has 2 aromatic heterocycles. The van der Waals surface area contributed by atoms with E-state index < -0.39 is 28.8 Å². The number of carbonyl (C=O) groups excluding carboxylic acids is 2. The summed E-state index contributed by atoms with van der Waals surface area (Å²) in [7, 11) is 0. The van der Waals surface area contributed by atoms with Crippen LogP contribution in [0.4, 0.5) is 0 Å². The van der Waals surface area contributed by atoms with Gasteiger partial charge in [0.05, 0.1) is 63.7 Å². The van der Waals surface area contributed by atoms with Gasteiger partial charge in [0, 0.05) is 45.6 Å². The second-order valence-electron chi connectivity index (χ2n) is 38.7. The molecule has 2 aliphatic heterocycles. The van der Waals surface area contributed by atoms with Gasteiger partial charge in [0.25, 0.3) is 0 Å². The topological polar surface area (TPSA) is 296 Å². The Kier molecular flexibility index (Phi) is 21.8. The van der Waals surface area contributed by atoms with Crippen molar-refractivity contribution in [3.63, 3.8) is 0 Å². The van der Waals surface area contributed by atoms with E-state index in [0.717, 1.165) is 77.4 Å². The number of aromatic amines is 1. The van der Waals surface area contributed by atoms with Crippen molar-refractivity contribution in [3.8, 4) is 0 Å². The first-order chi connectivity index (χ1) is 46.9. The van der Waals surface area contributed by atoms with E-state index in [1.807, 2.05) is 13.8 Å². The molecule has 101 heavy (non-hydrogen) atoms. The summed E-state index contributed by atoms with van der Waals surface area (Å²) < 4.78 is 27.1. The monoisotopic (exact) mass is 1410 g/mol. The van der Waals surface area contributed by atoms with Crippen LogP contribution in [0.3, 0.4) is 0 Å². The summed E-state index contributed by atoms with van der Waals surface area (Å²) in [4.78, 5) is 51.8. The first-order valence-corrected chi connectivity index (χ1v) is 39.3. The number of hydrogen-bond acceptors (Lipinski definition) is 16. The maximum atomic E-state index is 13.5. The predicted octanol–water partition coefficient (Wildman–Crippen LogP) is 14.9. The van der Waals surface area contributed by atoms with Gasteiger partial charge < -0.3 is 40.6 Å². The number of aliphatic carboxylic acids is 2. The maximum absolute atomic E-state index is 13.5. The van der Waals surface area contributed by atoms with Crippen LogP contribution in [0, 0.1) is 131 Å². The van der Waals surface area contributed by atoms with Gasteiger partial charge in [0.2, 0.25) is 23.2 Å². The minimum atomic E-state index is -0.647. The number of nitrogens with zero attached hydrogens (tertiary/aromatic N) is 7. The molecule has 10 aliphatic rings. The highest BCUT2D eigenvalue weighted by Gasteiger charge is 2.74. The minimum absolute atomic E-state index is 0.0221. The second kappa shape index (κ2) is 27.8. The molecule has 20 nitrogen and oxygen atoms in total. The van der Waals surface area contributed by atoms with Gasteiger partial charge in [-0.05, 0) is 199 Å². The molecule has 2 saturated heterocycles. The van der Waals surface area contributed by atoms with Crippen LogP contribution in [-0.2, 0) is 28.5 Å². The van der Waals surface area contributed by atoms with Gasteiger partial charge in [0.1, 0.15) is 6.04 Å². The Labute approximate surface area is 605 Å². The molecule has 8 aliphatic carbocycles. The number of rotatable bonds is 19. The van der Waals surface area contributed by atoms with E-state index in [2.05, 4.69) is 182 Å². The Morgan fingerprint density at radius 3 is 1.44 bits per heavy atom. The fourth-order valence-corrected chi connectivity index (χ4v) is 24.4. The molecule has 1 unspecified atom stereocenters. The van der Waals surface area contributed by atoms with Crippen LogP contribution in [0.2, 0.25) is 0 Å². The summed E-state index contributed by atoms with van der Waals surface area (Å²) in [5.74, 6) is 2.02. The highest BCUT2D eigenvalue weighted by molar-refractivity contribution is 5.92. The maximum Gasteiger partial charge on any atom is 0.307 e. The van der Waals surface area contributed by atoms with E-state index >= 15 is 0 Å².